The fraction of sp³-hybridized carbons (Fsp3) is 0.867. The van der Waals surface area contributed by atoms with Crippen LogP contribution in [0.5, 0.6) is 0 Å². The molecule has 0 aliphatic carbocycles. The lowest BCUT2D eigenvalue weighted by atomic mass is 10.1. The van der Waals surface area contributed by atoms with Gasteiger partial charge in [-0.2, -0.15) is 0 Å². The Labute approximate surface area is 125 Å². The molecule has 2 fully saturated rings. The van der Waals surface area contributed by atoms with E-state index in [0.717, 1.165) is 32.3 Å². The fourth-order valence-electron chi connectivity index (χ4n) is 2.84. The second-order valence-electron chi connectivity index (χ2n) is 5.76. The van der Waals surface area contributed by atoms with Crippen molar-refractivity contribution in [3.63, 3.8) is 0 Å². The van der Waals surface area contributed by atoms with Crippen LogP contribution in [-0.4, -0.2) is 61.9 Å². The van der Waals surface area contributed by atoms with Crippen LogP contribution < -0.4 is 0 Å². The lowest BCUT2D eigenvalue weighted by molar-refractivity contribution is -0.146. The average Bonchev–Trinajstić information content (AvgIpc) is 3.13. The molecular formula is C15H25NO5. The average molecular weight is 299 g/mol. The predicted molar refractivity (Wildman–Crippen MR) is 75.8 cm³/mol. The first kappa shape index (κ1) is 16.2. The van der Waals surface area contributed by atoms with Crippen LogP contribution in [0.15, 0.2) is 0 Å². The molecule has 21 heavy (non-hydrogen) atoms. The summed E-state index contributed by atoms with van der Waals surface area (Å²) in [4.78, 5) is 25.6. The summed E-state index contributed by atoms with van der Waals surface area (Å²) >= 11 is 0. The quantitative estimate of drug-likeness (QED) is 0.688. The normalized spacial score (nSPS) is 28.6. The minimum atomic E-state index is -0.376. The van der Waals surface area contributed by atoms with E-state index in [1.54, 1.807) is 4.90 Å². The van der Waals surface area contributed by atoms with Crippen molar-refractivity contribution in [3.8, 4) is 0 Å². The van der Waals surface area contributed by atoms with Crippen LogP contribution in [-0.2, 0) is 23.8 Å². The topological polar surface area (TPSA) is 65.1 Å². The number of methoxy groups -OCH3 is 1. The molecule has 6 nitrogen and oxygen atoms in total. The Balaban J connectivity index is 1.92. The number of hydrogen-bond donors (Lipinski definition) is 0. The van der Waals surface area contributed by atoms with Crippen LogP contribution in [0.2, 0.25) is 0 Å². The van der Waals surface area contributed by atoms with E-state index in [0.29, 0.717) is 13.1 Å². The van der Waals surface area contributed by atoms with Crippen LogP contribution in [0.3, 0.4) is 0 Å². The van der Waals surface area contributed by atoms with Crippen LogP contribution in [0, 0.1) is 0 Å². The highest BCUT2D eigenvalue weighted by Gasteiger charge is 2.33. The molecular weight excluding hydrogens is 274 g/mol. The lowest BCUT2D eigenvalue weighted by Gasteiger charge is -2.27. The maximum atomic E-state index is 12.6. The summed E-state index contributed by atoms with van der Waals surface area (Å²) in [6.45, 7) is 3.62. The molecule has 2 aliphatic heterocycles. The van der Waals surface area contributed by atoms with Crippen molar-refractivity contribution in [2.24, 2.45) is 0 Å². The van der Waals surface area contributed by atoms with Crippen molar-refractivity contribution in [2.45, 2.75) is 57.3 Å². The van der Waals surface area contributed by atoms with E-state index in [-0.39, 0.29) is 36.6 Å². The molecule has 0 bridgehead atoms. The zero-order valence-corrected chi connectivity index (χ0v) is 12.9. The van der Waals surface area contributed by atoms with Crippen molar-refractivity contribution in [3.05, 3.63) is 0 Å². The Morgan fingerprint density at radius 3 is 2.67 bits per heavy atom. The highest BCUT2D eigenvalue weighted by Crippen LogP contribution is 2.22. The number of rotatable bonds is 6. The molecule has 0 radical (unpaired) electrons. The van der Waals surface area contributed by atoms with E-state index in [1.165, 1.54) is 7.11 Å². The molecule has 0 N–H and O–H groups in total. The Bertz CT molecular complexity index is 367. The van der Waals surface area contributed by atoms with E-state index >= 15 is 0 Å². The molecule has 2 rings (SSSR count). The maximum absolute atomic E-state index is 12.6. The zero-order chi connectivity index (χ0) is 15.2. The second kappa shape index (κ2) is 7.75. The first-order valence-corrected chi connectivity index (χ1v) is 7.73. The monoisotopic (exact) mass is 299 g/mol. The number of amides is 1. The number of hydrogen-bond acceptors (Lipinski definition) is 5. The van der Waals surface area contributed by atoms with Crippen molar-refractivity contribution < 1.29 is 23.8 Å². The van der Waals surface area contributed by atoms with E-state index in [9.17, 15) is 9.59 Å². The summed E-state index contributed by atoms with van der Waals surface area (Å²) in [5.41, 5.74) is 0. The van der Waals surface area contributed by atoms with Gasteiger partial charge >= 0.3 is 5.97 Å². The van der Waals surface area contributed by atoms with Crippen molar-refractivity contribution in [1.29, 1.82) is 0 Å². The summed E-state index contributed by atoms with van der Waals surface area (Å²) in [5.74, 6) is -0.334. The number of carbonyl (C=O) groups is 2. The molecule has 0 spiro atoms. The molecule has 2 saturated heterocycles. The van der Waals surface area contributed by atoms with Gasteiger partial charge in [0.1, 0.15) is 6.10 Å². The standard InChI is InChI=1S/C15H25NO5/c1-11-5-6-13(21-11)15(18)16(8-7-14(17)19-2)10-12-4-3-9-20-12/h11-13H,3-10H2,1-2H3. The van der Waals surface area contributed by atoms with Gasteiger partial charge in [0.05, 0.1) is 25.7 Å². The summed E-state index contributed by atoms with van der Waals surface area (Å²) in [7, 11) is 1.36. The summed E-state index contributed by atoms with van der Waals surface area (Å²) in [5, 5.41) is 0. The molecule has 3 unspecified atom stereocenters. The zero-order valence-electron chi connectivity index (χ0n) is 12.9. The third kappa shape index (κ3) is 4.68. The van der Waals surface area contributed by atoms with Gasteiger partial charge in [-0.25, -0.2) is 0 Å². The molecule has 3 atom stereocenters. The minimum Gasteiger partial charge on any atom is -0.469 e. The molecule has 0 aromatic carbocycles. The van der Waals surface area contributed by atoms with Gasteiger partial charge in [-0.05, 0) is 32.6 Å². The highest BCUT2D eigenvalue weighted by atomic mass is 16.5. The van der Waals surface area contributed by atoms with Crippen LogP contribution >= 0.6 is 0 Å². The van der Waals surface area contributed by atoms with Crippen LogP contribution in [0.4, 0.5) is 0 Å². The summed E-state index contributed by atoms with van der Waals surface area (Å²) in [6, 6.07) is 0. The van der Waals surface area contributed by atoms with Gasteiger partial charge in [0, 0.05) is 19.7 Å². The van der Waals surface area contributed by atoms with Gasteiger partial charge in [0.25, 0.3) is 5.91 Å². The van der Waals surface area contributed by atoms with E-state index in [1.807, 2.05) is 6.92 Å². The third-order valence-electron chi connectivity index (χ3n) is 4.08. The van der Waals surface area contributed by atoms with Gasteiger partial charge in [-0.3, -0.25) is 9.59 Å². The lowest BCUT2D eigenvalue weighted by Crippen LogP contribution is -2.44. The Hall–Kier alpha value is -1.14. The molecule has 2 heterocycles. The van der Waals surface area contributed by atoms with Crippen molar-refractivity contribution in [1.82, 2.24) is 4.90 Å². The SMILES string of the molecule is COC(=O)CCN(CC1CCCO1)C(=O)C1CCC(C)O1. The second-order valence-corrected chi connectivity index (χ2v) is 5.76. The van der Waals surface area contributed by atoms with Gasteiger partial charge in [-0.15, -0.1) is 0 Å². The van der Waals surface area contributed by atoms with Gasteiger partial charge < -0.3 is 19.1 Å². The first-order valence-electron chi connectivity index (χ1n) is 7.73. The largest absolute Gasteiger partial charge is 0.469 e. The van der Waals surface area contributed by atoms with Gasteiger partial charge in [0.2, 0.25) is 0 Å². The van der Waals surface area contributed by atoms with Crippen molar-refractivity contribution in [2.75, 3.05) is 26.8 Å². The van der Waals surface area contributed by atoms with Crippen LogP contribution in [0.25, 0.3) is 0 Å². The van der Waals surface area contributed by atoms with E-state index in [2.05, 4.69) is 4.74 Å². The molecule has 2 aliphatic rings. The molecule has 120 valence electrons. The fourth-order valence-corrected chi connectivity index (χ4v) is 2.84. The van der Waals surface area contributed by atoms with Gasteiger partial charge in [0.15, 0.2) is 0 Å². The predicted octanol–water partition coefficient (Wildman–Crippen LogP) is 1.12. The number of ether oxygens (including phenoxy) is 3. The smallest absolute Gasteiger partial charge is 0.307 e. The van der Waals surface area contributed by atoms with Crippen LogP contribution in [0.1, 0.15) is 39.0 Å². The van der Waals surface area contributed by atoms with Gasteiger partial charge in [-0.1, -0.05) is 0 Å². The molecule has 0 aromatic heterocycles. The molecule has 1 amide bonds. The Kier molecular flexibility index (Phi) is 5.99. The minimum absolute atomic E-state index is 0.0289. The van der Waals surface area contributed by atoms with E-state index < -0.39 is 0 Å². The number of nitrogens with zero attached hydrogens (tertiary/aromatic N) is 1. The molecule has 0 saturated carbocycles. The van der Waals surface area contributed by atoms with Crippen molar-refractivity contribution >= 4 is 11.9 Å². The summed E-state index contributed by atoms with van der Waals surface area (Å²) in [6.07, 6.45) is 3.68. The Morgan fingerprint density at radius 2 is 2.10 bits per heavy atom. The Morgan fingerprint density at radius 1 is 1.29 bits per heavy atom. The summed E-state index contributed by atoms with van der Waals surface area (Å²) < 4.78 is 15.9. The molecule has 0 aromatic rings. The first-order chi connectivity index (χ1) is 10.1. The molecule has 6 heteroatoms. The van der Waals surface area contributed by atoms with E-state index in [4.69, 9.17) is 9.47 Å². The highest BCUT2D eigenvalue weighted by molar-refractivity contribution is 5.82. The number of esters is 1. The maximum Gasteiger partial charge on any atom is 0.307 e. The third-order valence-corrected chi connectivity index (χ3v) is 4.08. The number of carbonyl (C=O) groups excluding carboxylic acids is 2.